The van der Waals surface area contributed by atoms with Gasteiger partial charge in [0.2, 0.25) is 0 Å². The molecule has 3 aromatic rings. The van der Waals surface area contributed by atoms with Crippen LogP contribution in [0.4, 0.5) is 18.9 Å². The summed E-state index contributed by atoms with van der Waals surface area (Å²) in [6.07, 6.45) is -1.92. The highest BCUT2D eigenvalue weighted by Gasteiger charge is 2.33. The lowest BCUT2D eigenvalue weighted by atomic mass is 10.1. The van der Waals surface area contributed by atoms with Gasteiger partial charge in [-0.1, -0.05) is 41.9 Å². The second-order valence-electron chi connectivity index (χ2n) is 5.88. The van der Waals surface area contributed by atoms with E-state index < -0.39 is 22.7 Å². The second-order valence-corrected chi connectivity index (χ2v) is 6.29. The van der Waals surface area contributed by atoms with Gasteiger partial charge in [0.15, 0.2) is 0 Å². The van der Waals surface area contributed by atoms with Crippen LogP contribution in [-0.2, 0) is 11.0 Å². The Bertz CT molecular complexity index is 1110. The zero-order valence-electron chi connectivity index (χ0n) is 14.6. The molecule has 9 heteroatoms. The van der Waals surface area contributed by atoms with Gasteiger partial charge in [-0.25, -0.2) is 0 Å². The van der Waals surface area contributed by atoms with E-state index in [2.05, 4.69) is 15.5 Å². The van der Waals surface area contributed by atoms with Crippen molar-refractivity contribution in [1.82, 2.24) is 10.2 Å². The van der Waals surface area contributed by atoms with E-state index in [0.717, 1.165) is 11.6 Å². The summed E-state index contributed by atoms with van der Waals surface area (Å²) >= 11 is 5.57. The summed E-state index contributed by atoms with van der Waals surface area (Å²) in [4.78, 5) is 12.4. The molecular formula is C20H12ClF3N4O. The quantitative estimate of drug-likeness (QED) is 0.447. The lowest BCUT2D eigenvalue weighted by molar-refractivity contribution is -0.137. The average Bonchev–Trinajstić information content (AvgIpc) is 3.15. The maximum atomic E-state index is 13.0. The van der Waals surface area contributed by atoms with Crippen LogP contribution in [0.2, 0.25) is 5.02 Å². The summed E-state index contributed by atoms with van der Waals surface area (Å²) < 4.78 is 38.9. The van der Waals surface area contributed by atoms with E-state index >= 15 is 0 Å². The smallest absolute Gasteiger partial charge is 0.321 e. The van der Waals surface area contributed by atoms with Crippen molar-refractivity contribution in [2.45, 2.75) is 6.18 Å². The minimum absolute atomic E-state index is 0.136. The van der Waals surface area contributed by atoms with Crippen molar-refractivity contribution < 1.29 is 18.0 Å². The van der Waals surface area contributed by atoms with Crippen LogP contribution in [0.15, 0.2) is 60.3 Å². The van der Waals surface area contributed by atoms with Crippen molar-refractivity contribution in [2.24, 2.45) is 0 Å². The minimum Gasteiger partial charge on any atom is -0.321 e. The first-order valence-electron chi connectivity index (χ1n) is 8.18. The number of nitriles is 1. The number of carbonyl (C=O) groups is 1. The van der Waals surface area contributed by atoms with Crippen LogP contribution in [-0.4, -0.2) is 16.1 Å². The molecule has 0 saturated heterocycles. The number of anilines is 1. The number of carbonyl (C=O) groups excluding carboxylic acids is 1. The van der Waals surface area contributed by atoms with Crippen LogP contribution in [0.25, 0.3) is 17.3 Å². The second kappa shape index (κ2) is 8.20. The molecule has 0 aliphatic rings. The molecule has 0 spiro atoms. The van der Waals surface area contributed by atoms with Crippen LogP contribution >= 0.6 is 11.6 Å². The Hall–Kier alpha value is -3.57. The number of aromatic nitrogens is 2. The number of benzene rings is 2. The van der Waals surface area contributed by atoms with Crippen LogP contribution in [0.1, 0.15) is 11.1 Å². The topological polar surface area (TPSA) is 81.6 Å². The lowest BCUT2D eigenvalue weighted by Gasteiger charge is -2.11. The van der Waals surface area contributed by atoms with E-state index in [1.165, 1.54) is 18.3 Å². The predicted molar refractivity (Wildman–Crippen MR) is 103 cm³/mol. The summed E-state index contributed by atoms with van der Waals surface area (Å²) in [5.74, 6) is -0.858. The van der Waals surface area contributed by atoms with E-state index in [-0.39, 0.29) is 11.3 Å². The van der Waals surface area contributed by atoms with E-state index in [1.54, 1.807) is 6.07 Å². The van der Waals surface area contributed by atoms with Gasteiger partial charge in [0.1, 0.15) is 11.6 Å². The molecule has 0 aliphatic carbocycles. The number of aromatic amines is 1. The van der Waals surface area contributed by atoms with Gasteiger partial charge in [0, 0.05) is 16.8 Å². The molecule has 5 nitrogen and oxygen atoms in total. The largest absolute Gasteiger partial charge is 0.417 e. The molecule has 2 N–H and O–H groups in total. The zero-order valence-corrected chi connectivity index (χ0v) is 15.3. The van der Waals surface area contributed by atoms with E-state index in [4.69, 9.17) is 11.6 Å². The number of H-pyrrole nitrogens is 1. The fourth-order valence-electron chi connectivity index (χ4n) is 2.56. The molecule has 1 heterocycles. The molecule has 2 aromatic carbocycles. The minimum atomic E-state index is -4.67. The molecule has 0 fully saturated rings. The molecule has 29 heavy (non-hydrogen) atoms. The Morgan fingerprint density at radius 1 is 1.21 bits per heavy atom. The molecule has 3 rings (SSSR count). The van der Waals surface area contributed by atoms with Gasteiger partial charge in [-0.15, -0.1) is 0 Å². The fourth-order valence-corrected chi connectivity index (χ4v) is 2.79. The number of alkyl halides is 3. The van der Waals surface area contributed by atoms with Crippen LogP contribution in [0.5, 0.6) is 0 Å². The normalized spacial score (nSPS) is 11.8. The average molecular weight is 417 g/mol. The van der Waals surface area contributed by atoms with Crippen LogP contribution in [0, 0.1) is 11.3 Å². The Morgan fingerprint density at radius 2 is 1.93 bits per heavy atom. The van der Waals surface area contributed by atoms with E-state index in [9.17, 15) is 23.2 Å². The molecule has 0 saturated carbocycles. The molecule has 0 atom stereocenters. The van der Waals surface area contributed by atoms with Gasteiger partial charge >= 0.3 is 6.18 Å². The monoisotopic (exact) mass is 416 g/mol. The highest BCUT2D eigenvalue weighted by Crippen LogP contribution is 2.36. The summed E-state index contributed by atoms with van der Waals surface area (Å²) in [6.45, 7) is 0. The fraction of sp³-hybridized carbons (Fsp3) is 0.0500. The molecule has 146 valence electrons. The van der Waals surface area contributed by atoms with Crippen molar-refractivity contribution in [3.63, 3.8) is 0 Å². The lowest BCUT2D eigenvalue weighted by Crippen LogP contribution is -2.14. The van der Waals surface area contributed by atoms with Gasteiger partial charge in [-0.2, -0.15) is 23.5 Å². The van der Waals surface area contributed by atoms with Crippen molar-refractivity contribution >= 4 is 29.3 Å². The molecule has 0 radical (unpaired) electrons. The molecule has 0 aliphatic heterocycles. The third kappa shape index (κ3) is 4.65. The van der Waals surface area contributed by atoms with Crippen molar-refractivity contribution in [1.29, 1.82) is 5.26 Å². The first kappa shape index (κ1) is 20.2. The Kier molecular flexibility index (Phi) is 5.71. The zero-order chi connectivity index (χ0) is 21.0. The van der Waals surface area contributed by atoms with Gasteiger partial charge in [-0.3, -0.25) is 9.89 Å². The summed E-state index contributed by atoms with van der Waals surface area (Å²) in [5.41, 5.74) is 0.351. The first-order valence-corrected chi connectivity index (χ1v) is 8.56. The molecule has 0 bridgehead atoms. The molecule has 0 unspecified atom stereocenters. The third-order valence-corrected chi connectivity index (χ3v) is 4.26. The van der Waals surface area contributed by atoms with Gasteiger partial charge in [0.25, 0.3) is 5.91 Å². The standard InChI is InChI=1S/C20H12ClF3N4O/c21-17-7-6-15(9-16(17)20(22,23)24)27-19(29)13(10-25)8-14-11-26-28-18(14)12-4-2-1-3-5-12/h1-9,11H,(H,26,28)(H,27,29). The summed E-state index contributed by atoms with van der Waals surface area (Å²) in [7, 11) is 0. The summed E-state index contributed by atoms with van der Waals surface area (Å²) in [6, 6.07) is 13.8. The van der Waals surface area contributed by atoms with E-state index in [1.807, 2.05) is 30.3 Å². The number of amides is 1. The molecule has 1 aromatic heterocycles. The van der Waals surface area contributed by atoms with Crippen molar-refractivity contribution in [3.05, 3.63) is 76.5 Å². The molecular weight excluding hydrogens is 405 g/mol. The number of rotatable bonds is 4. The van der Waals surface area contributed by atoms with Gasteiger partial charge in [-0.05, 0) is 24.3 Å². The maximum Gasteiger partial charge on any atom is 0.417 e. The number of hydrogen-bond donors (Lipinski definition) is 2. The highest BCUT2D eigenvalue weighted by atomic mass is 35.5. The Morgan fingerprint density at radius 3 is 2.59 bits per heavy atom. The van der Waals surface area contributed by atoms with Crippen LogP contribution < -0.4 is 5.32 Å². The Balaban J connectivity index is 1.88. The number of nitrogens with zero attached hydrogens (tertiary/aromatic N) is 2. The van der Waals surface area contributed by atoms with Gasteiger partial charge < -0.3 is 5.32 Å². The van der Waals surface area contributed by atoms with Gasteiger partial charge in [0.05, 0.1) is 22.5 Å². The van der Waals surface area contributed by atoms with Crippen molar-refractivity contribution in [3.8, 4) is 17.3 Å². The SMILES string of the molecule is N#CC(=Cc1cn[nH]c1-c1ccccc1)C(=O)Nc1ccc(Cl)c(C(F)(F)F)c1. The number of hydrogen-bond acceptors (Lipinski definition) is 3. The predicted octanol–water partition coefficient (Wildman–Crippen LogP) is 5.29. The van der Waals surface area contributed by atoms with Crippen LogP contribution in [0.3, 0.4) is 0 Å². The Labute approximate surface area is 168 Å². The maximum absolute atomic E-state index is 13.0. The number of nitrogens with one attached hydrogen (secondary N) is 2. The third-order valence-electron chi connectivity index (χ3n) is 3.93. The van der Waals surface area contributed by atoms with Crippen molar-refractivity contribution in [2.75, 3.05) is 5.32 Å². The number of halogens is 4. The summed E-state index contributed by atoms with van der Waals surface area (Å²) in [5, 5.41) is 17.9. The molecule has 1 amide bonds. The first-order chi connectivity index (χ1) is 13.8. The van der Waals surface area contributed by atoms with E-state index in [0.29, 0.717) is 17.3 Å². The highest BCUT2D eigenvalue weighted by molar-refractivity contribution is 6.31.